The molecule has 3 amide bonds. The van der Waals surface area contributed by atoms with Crippen LogP contribution in [0.15, 0.2) is 54.6 Å². The highest BCUT2D eigenvalue weighted by atomic mass is 16.5. The van der Waals surface area contributed by atoms with Gasteiger partial charge in [0.1, 0.15) is 18.9 Å². The van der Waals surface area contributed by atoms with Crippen molar-refractivity contribution in [2.24, 2.45) is 0 Å². The van der Waals surface area contributed by atoms with Gasteiger partial charge in [-0.25, -0.2) is 4.79 Å². The monoisotopic (exact) mass is 366 g/mol. The highest BCUT2D eigenvalue weighted by molar-refractivity contribution is 6.09. The average molecular weight is 366 g/mol. The Bertz CT molecular complexity index is 898. The van der Waals surface area contributed by atoms with Crippen molar-refractivity contribution >= 4 is 17.9 Å². The number of ether oxygens (including phenoxy) is 2. The summed E-state index contributed by atoms with van der Waals surface area (Å²) in [5.74, 6) is -0.537. The number of imide groups is 1. The lowest BCUT2D eigenvalue weighted by atomic mass is 9.84. The minimum Gasteiger partial charge on any atom is -0.493 e. The minimum absolute atomic E-state index is 0.0884. The van der Waals surface area contributed by atoms with Crippen LogP contribution in [0, 0.1) is 0 Å². The molecular weight excluding hydrogens is 348 g/mol. The maximum absolute atomic E-state index is 13.0. The number of rotatable bonds is 4. The first-order chi connectivity index (χ1) is 13.1. The number of amides is 3. The van der Waals surface area contributed by atoms with Gasteiger partial charge in [0, 0.05) is 12.0 Å². The van der Waals surface area contributed by atoms with Crippen LogP contribution in [0.4, 0.5) is 4.79 Å². The fraction of sp³-hybridized carbons (Fsp3) is 0.250. The first kappa shape index (κ1) is 17.1. The van der Waals surface area contributed by atoms with Gasteiger partial charge < -0.3 is 14.8 Å². The largest absolute Gasteiger partial charge is 0.493 e. The van der Waals surface area contributed by atoms with Crippen LogP contribution >= 0.6 is 0 Å². The number of carbonyl (C=O) groups excluding carboxylic acids is 3. The summed E-state index contributed by atoms with van der Waals surface area (Å²) in [4.78, 5) is 38.5. The lowest BCUT2D eigenvalue weighted by Crippen LogP contribution is -2.47. The van der Waals surface area contributed by atoms with Gasteiger partial charge in [0.25, 0.3) is 5.91 Å². The van der Waals surface area contributed by atoms with Gasteiger partial charge in [-0.1, -0.05) is 48.5 Å². The van der Waals surface area contributed by atoms with Crippen LogP contribution in [0.3, 0.4) is 0 Å². The van der Waals surface area contributed by atoms with E-state index in [1.807, 2.05) is 30.3 Å². The van der Waals surface area contributed by atoms with E-state index in [-0.39, 0.29) is 6.61 Å². The Labute approximate surface area is 155 Å². The molecule has 1 saturated heterocycles. The molecule has 1 spiro atoms. The number of urea groups is 1. The maximum atomic E-state index is 13.0. The normalized spacial score (nSPS) is 20.8. The number of carbonyl (C=O) groups is 3. The SMILES string of the molecule is O=C(CN1C(=O)N[C@]2(CCOc3ccccc32)C1=O)OCc1ccccc1. The molecule has 0 saturated carbocycles. The van der Waals surface area contributed by atoms with Crippen LogP contribution in [-0.4, -0.2) is 36.0 Å². The highest BCUT2D eigenvalue weighted by Gasteiger charge is 2.55. The third-order valence-electron chi connectivity index (χ3n) is 4.79. The molecule has 4 rings (SSSR count). The number of hydrogen-bond acceptors (Lipinski definition) is 5. The van der Waals surface area contributed by atoms with Crippen LogP contribution < -0.4 is 10.1 Å². The van der Waals surface area contributed by atoms with Crippen molar-refractivity contribution in [3.63, 3.8) is 0 Å². The summed E-state index contributed by atoms with van der Waals surface area (Å²) in [5.41, 5.74) is 0.249. The minimum atomic E-state index is -1.19. The van der Waals surface area contributed by atoms with Crippen LogP contribution in [-0.2, 0) is 26.5 Å². The van der Waals surface area contributed by atoms with Gasteiger partial charge in [0.05, 0.1) is 6.61 Å². The molecule has 2 aromatic rings. The highest BCUT2D eigenvalue weighted by Crippen LogP contribution is 2.40. The molecule has 2 aliphatic heterocycles. The molecule has 0 unspecified atom stereocenters. The summed E-state index contributed by atoms with van der Waals surface area (Å²) in [6, 6.07) is 15.7. The summed E-state index contributed by atoms with van der Waals surface area (Å²) in [5, 5.41) is 2.75. The van der Waals surface area contributed by atoms with Gasteiger partial charge in [0.15, 0.2) is 5.54 Å². The van der Waals surface area contributed by atoms with Crippen molar-refractivity contribution in [2.45, 2.75) is 18.6 Å². The number of fused-ring (bicyclic) bond motifs is 2. The fourth-order valence-electron chi connectivity index (χ4n) is 3.43. The van der Waals surface area contributed by atoms with Crippen molar-refractivity contribution in [1.29, 1.82) is 0 Å². The smallest absolute Gasteiger partial charge is 0.326 e. The zero-order valence-electron chi connectivity index (χ0n) is 14.5. The van der Waals surface area contributed by atoms with Crippen LogP contribution in [0.5, 0.6) is 5.75 Å². The quantitative estimate of drug-likeness (QED) is 0.660. The molecule has 0 bridgehead atoms. The Morgan fingerprint density at radius 3 is 2.67 bits per heavy atom. The molecule has 2 aromatic carbocycles. The molecule has 1 N–H and O–H groups in total. The van der Waals surface area contributed by atoms with Crippen molar-refractivity contribution < 1.29 is 23.9 Å². The molecule has 2 heterocycles. The van der Waals surface area contributed by atoms with Gasteiger partial charge in [0.2, 0.25) is 0 Å². The Balaban J connectivity index is 1.48. The zero-order valence-corrected chi connectivity index (χ0v) is 14.5. The Kier molecular flexibility index (Phi) is 4.27. The molecule has 138 valence electrons. The summed E-state index contributed by atoms with van der Waals surface area (Å²) in [6.45, 7) is -0.0389. The van der Waals surface area contributed by atoms with Gasteiger partial charge >= 0.3 is 12.0 Å². The van der Waals surface area contributed by atoms with Crippen LogP contribution in [0.1, 0.15) is 17.5 Å². The Morgan fingerprint density at radius 1 is 1.11 bits per heavy atom. The lowest BCUT2D eigenvalue weighted by Gasteiger charge is -2.33. The van der Waals surface area contributed by atoms with E-state index in [4.69, 9.17) is 9.47 Å². The fourth-order valence-corrected chi connectivity index (χ4v) is 3.43. The van der Waals surface area contributed by atoms with E-state index < -0.39 is 30.0 Å². The molecule has 0 aromatic heterocycles. The predicted octanol–water partition coefficient (Wildman–Crippen LogP) is 1.96. The van der Waals surface area contributed by atoms with E-state index in [9.17, 15) is 14.4 Å². The van der Waals surface area contributed by atoms with Crippen molar-refractivity contribution in [1.82, 2.24) is 10.2 Å². The molecule has 0 radical (unpaired) electrons. The topological polar surface area (TPSA) is 84.9 Å². The number of esters is 1. The van der Waals surface area contributed by atoms with E-state index >= 15 is 0 Å². The van der Waals surface area contributed by atoms with E-state index in [1.165, 1.54) is 0 Å². The van der Waals surface area contributed by atoms with E-state index in [0.29, 0.717) is 24.3 Å². The zero-order chi connectivity index (χ0) is 18.9. The first-order valence-electron chi connectivity index (χ1n) is 8.66. The predicted molar refractivity (Wildman–Crippen MR) is 94.7 cm³/mol. The molecule has 1 fully saturated rings. The van der Waals surface area contributed by atoms with E-state index in [2.05, 4.69) is 5.32 Å². The van der Waals surface area contributed by atoms with Crippen LogP contribution in [0.2, 0.25) is 0 Å². The van der Waals surface area contributed by atoms with Crippen molar-refractivity contribution in [2.75, 3.05) is 13.2 Å². The number of benzene rings is 2. The second-order valence-corrected chi connectivity index (χ2v) is 6.47. The summed E-state index contributed by atoms with van der Waals surface area (Å²) < 4.78 is 10.8. The molecule has 1 atom stereocenters. The number of para-hydroxylation sites is 1. The van der Waals surface area contributed by atoms with Crippen molar-refractivity contribution in [3.05, 3.63) is 65.7 Å². The molecule has 7 heteroatoms. The van der Waals surface area contributed by atoms with Gasteiger partial charge in [-0.3, -0.25) is 14.5 Å². The van der Waals surface area contributed by atoms with E-state index in [0.717, 1.165) is 10.5 Å². The summed E-state index contributed by atoms with van der Waals surface area (Å²) >= 11 is 0. The maximum Gasteiger partial charge on any atom is 0.326 e. The number of nitrogens with one attached hydrogen (secondary N) is 1. The number of hydrogen-bond donors (Lipinski definition) is 1. The standard InChI is InChI=1S/C20H18N2O5/c23-17(27-13-14-6-2-1-3-7-14)12-22-18(24)20(21-19(22)25)10-11-26-16-9-5-4-8-15(16)20/h1-9H,10-13H2,(H,21,25)/t20-/m0/s1. The summed E-state index contributed by atoms with van der Waals surface area (Å²) in [7, 11) is 0. The molecule has 0 aliphatic carbocycles. The lowest BCUT2D eigenvalue weighted by molar-refractivity contribution is -0.149. The number of nitrogens with zero attached hydrogens (tertiary/aromatic N) is 1. The third kappa shape index (κ3) is 3.01. The molecule has 2 aliphatic rings. The average Bonchev–Trinajstić information content (AvgIpc) is 2.92. The third-order valence-corrected chi connectivity index (χ3v) is 4.79. The van der Waals surface area contributed by atoms with Gasteiger partial charge in [-0.2, -0.15) is 0 Å². The molecule has 7 nitrogen and oxygen atoms in total. The van der Waals surface area contributed by atoms with E-state index in [1.54, 1.807) is 24.3 Å². The second kappa shape index (κ2) is 6.75. The molecule has 27 heavy (non-hydrogen) atoms. The Morgan fingerprint density at radius 2 is 1.85 bits per heavy atom. The molecular formula is C20H18N2O5. The first-order valence-corrected chi connectivity index (χ1v) is 8.66. The summed E-state index contributed by atoms with van der Waals surface area (Å²) in [6.07, 6.45) is 0.310. The van der Waals surface area contributed by atoms with Crippen LogP contribution in [0.25, 0.3) is 0 Å². The Hall–Kier alpha value is -3.35. The van der Waals surface area contributed by atoms with Gasteiger partial charge in [-0.05, 0) is 11.6 Å². The second-order valence-electron chi connectivity index (χ2n) is 6.47. The van der Waals surface area contributed by atoms with Crippen molar-refractivity contribution in [3.8, 4) is 5.75 Å². The van der Waals surface area contributed by atoms with Gasteiger partial charge in [-0.15, -0.1) is 0 Å².